The van der Waals surface area contributed by atoms with E-state index >= 15 is 0 Å². The van der Waals surface area contributed by atoms with Gasteiger partial charge in [-0.2, -0.15) is 0 Å². The van der Waals surface area contributed by atoms with Crippen LogP contribution in [-0.4, -0.2) is 26.0 Å². The molecule has 0 aliphatic carbocycles. The van der Waals surface area contributed by atoms with E-state index < -0.39 is 0 Å². The fraction of sp³-hybridized carbons (Fsp3) is 0.917. The maximum atomic E-state index is 10.9. The molecular formula is C12H26N2O. The molecule has 15 heavy (non-hydrogen) atoms. The second kappa shape index (κ2) is 5.50. The molecule has 1 amide bonds. The summed E-state index contributed by atoms with van der Waals surface area (Å²) in [4.78, 5) is 10.9. The van der Waals surface area contributed by atoms with Crippen molar-refractivity contribution in [2.75, 3.05) is 20.1 Å². The van der Waals surface area contributed by atoms with Crippen molar-refractivity contribution in [3.05, 3.63) is 0 Å². The Kier molecular flexibility index (Phi) is 5.29. The number of nitrogens with one attached hydrogen (secondary N) is 2. The van der Waals surface area contributed by atoms with Gasteiger partial charge in [0.2, 0.25) is 5.91 Å². The summed E-state index contributed by atoms with van der Waals surface area (Å²) >= 11 is 0. The zero-order valence-electron chi connectivity index (χ0n) is 11.0. The number of hydrogen-bond acceptors (Lipinski definition) is 2. The van der Waals surface area contributed by atoms with Gasteiger partial charge in [-0.1, -0.05) is 27.7 Å². The number of rotatable bonds is 6. The van der Waals surface area contributed by atoms with Crippen molar-refractivity contribution < 1.29 is 4.79 Å². The summed E-state index contributed by atoms with van der Waals surface area (Å²) in [6.07, 6.45) is 1.08. The van der Waals surface area contributed by atoms with E-state index in [9.17, 15) is 4.79 Å². The first-order chi connectivity index (χ1) is 6.68. The van der Waals surface area contributed by atoms with Gasteiger partial charge < -0.3 is 10.6 Å². The summed E-state index contributed by atoms with van der Waals surface area (Å²) in [5.41, 5.74) is 0.405. The van der Waals surface area contributed by atoms with Crippen LogP contribution >= 0.6 is 0 Å². The molecule has 0 aliphatic rings. The Balaban J connectivity index is 4.16. The Morgan fingerprint density at radius 3 is 1.93 bits per heavy atom. The van der Waals surface area contributed by atoms with Crippen molar-refractivity contribution in [1.82, 2.24) is 10.6 Å². The van der Waals surface area contributed by atoms with E-state index in [2.05, 4.69) is 38.3 Å². The van der Waals surface area contributed by atoms with Gasteiger partial charge >= 0.3 is 0 Å². The Bertz CT molecular complexity index is 210. The van der Waals surface area contributed by atoms with E-state index in [0.29, 0.717) is 0 Å². The third-order valence-corrected chi connectivity index (χ3v) is 2.43. The first-order valence-corrected chi connectivity index (χ1v) is 5.58. The Morgan fingerprint density at radius 2 is 1.53 bits per heavy atom. The molecule has 0 aromatic heterocycles. The van der Waals surface area contributed by atoms with Crippen LogP contribution in [0.25, 0.3) is 0 Å². The molecule has 0 unspecified atom stereocenters. The van der Waals surface area contributed by atoms with E-state index in [0.717, 1.165) is 19.5 Å². The van der Waals surface area contributed by atoms with Gasteiger partial charge in [0, 0.05) is 13.5 Å². The molecule has 0 aromatic rings. The van der Waals surface area contributed by atoms with Crippen molar-refractivity contribution in [2.45, 2.75) is 41.0 Å². The fourth-order valence-electron chi connectivity index (χ4n) is 2.26. The summed E-state index contributed by atoms with van der Waals surface area (Å²) in [6, 6.07) is 0. The zero-order chi connectivity index (χ0) is 12.1. The lowest BCUT2D eigenvalue weighted by molar-refractivity contribution is -0.119. The van der Waals surface area contributed by atoms with E-state index in [-0.39, 0.29) is 16.7 Å². The van der Waals surface area contributed by atoms with E-state index in [1.54, 1.807) is 6.92 Å². The largest absolute Gasteiger partial charge is 0.356 e. The maximum absolute atomic E-state index is 10.9. The predicted molar refractivity (Wildman–Crippen MR) is 64.8 cm³/mol. The first-order valence-electron chi connectivity index (χ1n) is 5.58. The van der Waals surface area contributed by atoms with Gasteiger partial charge in [-0.15, -0.1) is 0 Å². The normalized spacial score (nSPS) is 12.7. The van der Waals surface area contributed by atoms with Crippen LogP contribution in [0, 0.1) is 10.8 Å². The number of amides is 1. The van der Waals surface area contributed by atoms with Gasteiger partial charge in [0.25, 0.3) is 0 Å². The summed E-state index contributed by atoms with van der Waals surface area (Å²) in [5, 5.41) is 6.10. The van der Waals surface area contributed by atoms with Crippen LogP contribution in [0.15, 0.2) is 0 Å². The van der Waals surface area contributed by atoms with Crippen molar-refractivity contribution in [3.63, 3.8) is 0 Å². The summed E-state index contributed by atoms with van der Waals surface area (Å²) < 4.78 is 0. The minimum absolute atomic E-state index is 0.0505. The van der Waals surface area contributed by atoms with Crippen molar-refractivity contribution in [1.29, 1.82) is 0 Å². The average molecular weight is 214 g/mol. The Hall–Kier alpha value is -0.570. The smallest absolute Gasteiger partial charge is 0.216 e. The van der Waals surface area contributed by atoms with Gasteiger partial charge in [-0.25, -0.2) is 0 Å². The molecule has 0 bridgehead atoms. The van der Waals surface area contributed by atoms with Gasteiger partial charge in [0.15, 0.2) is 0 Å². The molecule has 90 valence electrons. The Morgan fingerprint density at radius 1 is 1.07 bits per heavy atom. The van der Waals surface area contributed by atoms with Crippen LogP contribution in [0.2, 0.25) is 0 Å². The molecule has 0 atom stereocenters. The molecule has 3 heteroatoms. The molecule has 0 radical (unpaired) electrons. The third-order valence-electron chi connectivity index (χ3n) is 2.43. The van der Waals surface area contributed by atoms with Crippen molar-refractivity contribution >= 4 is 5.91 Å². The lowest BCUT2D eigenvalue weighted by Crippen LogP contribution is -2.38. The lowest BCUT2D eigenvalue weighted by atomic mass is 9.75. The molecular weight excluding hydrogens is 188 g/mol. The van der Waals surface area contributed by atoms with E-state index in [4.69, 9.17) is 0 Å². The number of carbonyl (C=O) groups is 1. The topological polar surface area (TPSA) is 41.1 Å². The highest BCUT2D eigenvalue weighted by atomic mass is 16.1. The van der Waals surface area contributed by atoms with E-state index in [1.165, 1.54) is 0 Å². The second-order valence-electron chi connectivity index (χ2n) is 5.95. The minimum Gasteiger partial charge on any atom is -0.356 e. The molecule has 3 nitrogen and oxygen atoms in total. The minimum atomic E-state index is 0.0505. The molecule has 0 aliphatic heterocycles. The van der Waals surface area contributed by atoms with Gasteiger partial charge in [-0.3, -0.25) is 4.79 Å². The predicted octanol–water partition coefficient (Wildman–Crippen LogP) is 1.78. The Labute approximate surface area is 94.0 Å². The molecule has 0 rings (SSSR count). The zero-order valence-corrected chi connectivity index (χ0v) is 11.0. The molecule has 0 heterocycles. The molecule has 0 saturated heterocycles. The summed E-state index contributed by atoms with van der Waals surface area (Å²) in [7, 11) is 1.97. The standard InChI is InChI=1S/C12H26N2O/c1-10(15)14-9-12(4,5)7-11(2,3)8-13-6/h13H,7-9H2,1-6H3,(H,14,15). The van der Waals surface area contributed by atoms with Crippen molar-refractivity contribution in [3.8, 4) is 0 Å². The maximum Gasteiger partial charge on any atom is 0.216 e. The number of hydrogen-bond donors (Lipinski definition) is 2. The molecule has 2 N–H and O–H groups in total. The molecule has 0 fully saturated rings. The third kappa shape index (κ3) is 7.37. The van der Waals surface area contributed by atoms with Gasteiger partial charge in [-0.05, 0) is 30.8 Å². The quantitative estimate of drug-likeness (QED) is 0.707. The lowest BCUT2D eigenvalue weighted by Gasteiger charge is -2.35. The van der Waals surface area contributed by atoms with Crippen molar-refractivity contribution in [2.24, 2.45) is 10.8 Å². The molecule has 0 saturated carbocycles. The van der Waals surface area contributed by atoms with Crippen LogP contribution in [0.3, 0.4) is 0 Å². The summed E-state index contributed by atoms with van der Waals surface area (Å²) in [6.45, 7) is 12.2. The SMILES string of the molecule is CNCC(C)(C)CC(C)(C)CNC(C)=O. The van der Waals surface area contributed by atoms with Gasteiger partial charge in [0.1, 0.15) is 0 Å². The van der Waals surface area contributed by atoms with Crippen LogP contribution in [0.1, 0.15) is 41.0 Å². The van der Waals surface area contributed by atoms with E-state index in [1.807, 2.05) is 7.05 Å². The van der Waals surface area contributed by atoms with Crippen LogP contribution in [-0.2, 0) is 4.79 Å². The van der Waals surface area contributed by atoms with Crippen LogP contribution in [0.4, 0.5) is 0 Å². The first kappa shape index (κ1) is 14.4. The fourth-order valence-corrected chi connectivity index (χ4v) is 2.26. The highest BCUT2D eigenvalue weighted by molar-refractivity contribution is 5.72. The summed E-state index contributed by atoms with van der Waals surface area (Å²) in [5.74, 6) is 0.0505. The highest BCUT2D eigenvalue weighted by Crippen LogP contribution is 2.32. The molecule has 0 aromatic carbocycles. The molecule has 0 spiro atoms. The average Bonchev–Trinajstić information content (AvgIpc) is 1.98. The number of carbonyl (C=O) groups excluding carboxylic acids is 1. The second-order valence-corrected chi connectivity index (χ2v) is 5.95. The van der Waals surface area contributed by atoms with Crippen LogP contribution < -0.4 is 10.6 Å². The van der Waals surface area contributed by atoms with Crippen LogP contribution in [0.5, 0.6) is 0 Å². The monoisotopic (exact) mass is 214 g/mol. The highest BCUT2D eigenvalue weighted by Gasteiger charge is 2.28. The van der Waals surface area contributed by atoms with Gasteiger partial charge in [0.05, 0.1) is 0 Å².